The van der Waals surface area contributed by atoms with Crippen molar-refractivity contribution in [2.75, 3.05) is 53.6 Å². The Bertz CT molecular complexity index is 621. The Morgan fingerprint density at radius 2 is 1.76 bits per heavy atom. The molecule has 0 aliphatic carbocycles. The van der Waals surface area contributed by atoms with E-state index in [-0.39, 0.29) is 24.0 Å². The number of guanidine groups is 1. The predicted octanol–water partition coefficient (Wildman–Crippen LogP) is 2.97. The minimum atomic E-state index is -4.19. The predicted molar refractivity (Wildman–Crippen MR) is 118 cm³/mol. The Labute approximate surface area is 187 Å². The SMILES string of the molecule is CN=C(NCc1ccc(OCCOC)cc1)N1CCN(C(C)C(F)(F)F)CC1.I. The summed E-state index contributed by atoms with van der Waals surface area (Å²) in [6, 6.07) is 6.30. The number of rotatable bonds is 7. The molecule has 0 aromatic heterocycles. The number of aliphatic imine (C=N–C) groups is 1. The minimum Gasteiger partial charge on any atom is -0.491 e. The first-order valence-electron chi connectivity index (χ1n) is 9.32. The molecule has 2 rings (SSSR count). The van der Waals surface area contributed by atoms with E-state index in [4.69, 9.17) is 9.47 Å². The summed E-state index contributed by atoms with van der Waals surface area (Å²) in [6.45, 7) is 4.55. The lowest BCUT2D eigenvalue weighted by molar-refractivity contribution is -0.181. The molecule has 166 valence electrons. The number of halogens is 4. The van der Waals surface area contributed by atoms with Gasteiger partial charge in [0.2, 0.25) is 0 Å². The number of benzene rings is 1. The molecule has 1 saturated heterocycles. The van der Waals surface area contributed by atoms with Gasteiger partial charge in [0.1, 0.15) is 18.4 Å². The molecule has 6 nitrogen and oxygen atoms in total. The maximum atomic E-state index is 12.9. The molecular formula is C19H30F3IN4O2. The third-order valence-corrected chi connectivity index (χ3v) is 4.78. The molecule has 1 unspecified atom stereocenters. The average Bonchev–Trinajstić information content (AvgIpc) is 2.69. The van der Waals surface area contributed by atoms with Crippen LogP contribution in [-0.4, -0.2) is 81.5 Å². The lowest BCUT2D eigenvalue weighted by atomic mass is 10.2. The van der Waals surface area contributed by atoms with Gasteiger partial charge in [0, 0.05) is 46.9 Å². The van der Waals surface area contributed by atoms with Gasteiger partial charge in [-0.05, 0) is 24.6 Å². The van der Waals surface area contributed by atoms with E-state index in [0.29, 0.717) is 51.9 Å². The van der Waals surface area contributed by atoms with Gasteiger partial charge in [-0.25, -0.2) is 0 Å². The summed E-state index contributed by atoms with van der Waals surface area (Å²) in [5, 5.41) is 3.28. The highest BCUT2D eigenvalue weighted by Crippen LogP contribution is 2.25. The second-order valence-corrected chi connectivity index (χ2v) is 6.63. The Morgan fingerprint density at radius 1 is 1.14 bits per heavy atom. The lowest BCUT2D eigenvalue weighted by Gasteiger charge is -2.39. The zero-order valence-corrected chi connectivity index (χ0v) is 19.4. The third kappa shape index (κ3) is 8.17. The number of piperazine rings is 1. The molecule has 29 heavy (non-hydrogen) atoms. The lowest BCUT2D eigenvalue weighted by Crippen LogP contribution is -2.56. The summed E-state index contributed by atoms with van der Waals surface area (Å²) in [4.78, 5) is 7.72. The van der Waals surface area contributed by atoms with Crippen molar-refractivity contribution in [2.45, 2.75) is 25.7 Å². The molecule has 1 aliphatic heterocycles. The second kappa shape index (κ2) is 12.4. The normalized spacial score (nSPS) is 16.9. The molecule has 1 aromatic carbocycles. The van der Waals surface area contributed by atoms with Crippen LogP contribution < -0.4 is 10.1 Å². The van der Waals surface area contributed by atoms with E-state index in [9.17, 15) is 13.2 Å². The maximum Gasteiger partial charge on any atom is 0.403 e. The van der Waals surface area contributed by atoms with Gasteiger partial charge in [-0.15, -0.1) is 24.0 Å². The third-order valence-electron chi connectivity index (χ3n) is 4.78. The highest BCUT2D eigenvalue weighted by atomic mass is 127. The molecular weight excluding hydrogens is 500 g/mol. The van der Waals surface area contributed by atoms with Crippen molar-refractivity contribution < 1.29 is 22.6 Å². The van der Waals surface area contributed by atoms with Crippen molar-refractivity contribution in [1.29, 1.82) is 0 Å². The van der Waals surface area contributed by atoms with Crippen LogP contribution in [0.1, 0.15) is 12.5 Å². The van der Waals surface area contributed by atoms with Crippen molar-refractivity contribution >= 4 is 29.9 Å². The van der Waals surface area contributed by atoms with Crippen molar-refractivity contribution in [1.82, 2.24) is 15.1 Å². The Kier molecular flexibility index (Phi) is 11.0. The summed E-state index contributed by atoms with van der Waals surface area (Å²) in [5.74, 6) is 1.47. The van der Waals surface area contributed by atoms with E-state index >= 15 is 0 Å². The van der Waals surface area contributed by atoms with Crippen LogP contribution in [-0.2, 0) is 11.3 Å². The number of alkyl halides is 3. The van der Waals surface area contributed by atoms with E-state index in [1.54, 1.807) is 14.2 Å². The van der Waals surface area contributed by atoms with E-state index in [1.807, 2.05) is 29.2 Å². The van der Waals surface area contributed by atoms with Gasteiger partial charge in [-0.1, -0.05) is 12.1 Å². The highest BCUT2D eigenvalue weighted by molar-refractivity contribution is 14.0. The summed E-state index contributed by atoms with van der Waals surface area (Å²) >= 11 is 0. The smallest absolute Gasteiger partial charge is 0.403 e. The molecule has 1 aliphatic rings. The number of methoxy groups -OCH3 is 1. The number of hydrogen-bond donors (Lipinski definition) is 1. The molecule has 0 radical (unpaired) electrons. The molecule has 0 bridgehead atoms. The quantitative estimate of drug-likeness (QED) is 0.255. The van der Waals surface area contributed by atoms with Crippen LogP contribution in [0.2, 0.25) is 0 Å². The minimum absolute atomic E-state index is 0. The topological polar surface area (TPSA) is 49.3 Å². The van der Waals surface area contributed by atoms with Crippen LogP contribution in [0.15, 0.2) is 29.3 Å². The first-order valence-corrected chi connectivity index (χ1v) is 9.32. The van der Waals surface area contributed by atoms with E-state index < -0.39 is 12.2 Å². The van der Waals surface area contributed by atoms with Crippen molar-refractivity contribution in [3.8, 4) is 5.75 Å². The number of ether oxygens (including phenoxy) is 2. The van der Waals surface area contributed by atoms with Crippen LogP contribution in [0.3, 0.4) is 0 Å². The fourth-order valence-corrected chi connectivity index (χ4v) is 2.99. The van der Waals surface area contributed by atoms with Crippen molar-refractivity contribution in [3.63, 3.8) is 0 Å². The van der Waals surface area contributed by atoms with Crippen LogP contribution in [0.5, 0.6) is 5.75 Å². The van der Waals surface area contributed by atoms with Gasteiger partial charge in [0.25, 0.3) is 0 Å². The summed E-state index contributed by atoms with van der Waals surface area (Å²) in [5.41, 5.74) is 1.06. The molecule has 1 N–H and O–H groups in total. The van der Waals surface area contributed by atoms with Crippen molar-refractivity contribution in [3.05, 3.63) is 29.8 Å². The van der Waals surface area contributed by atoms with Gasteiger partial charge >= 0.3 is 6.18 Å². The highest BCUT2D eigenvalue weighted by Gasteiger charge is 2.41. The number of hydrogen-bond acceptors (Lipinski definition) is 4. The molecule has 0 saturated carbocycles. The zero-order valence-electron chi connectivity index (χ0n) is 17.0. The molecule has 1 atom stereocenters. The van der Waals surface area contributed by atoms with Gasteiger partial charge in [-0.2, -0.15) is 13.2 Å². The van der Waals surface area contributed by atoms with Crippen LogP contribution in [0.4, 0.5) is 13.2 Å². The summed E-state index contributed by atoms with van der Waals surface area (Å²) in [6.07, 6.45) is -4.19. The maximum absolute atomic E-state index is 12.9. The molecule has 1 heterocycles. The Morgan fingerprint density at radius 3 is 2.28 bits per heavy atom. The molecule has 10 heteroatoms. The van der Waals surface area contributed by atoms with Crippen molar-refractivity contribution in [2.24, 2.45) is 4.99 Å². The Balaban J connectivity index is 0.00000420. The van der Waals surface area contributed by atoms with Gasteiger partial charge < -0.3 is 19.7 Å². The largest absolute Gasteiger partial charge is 0.491 e. The summed E-state index contributed by atoms with van der Waals surface area (Å²) in [7, 11) is 3.31. The van der Waals surface area contributed by atoms with Gasteiger partial charge in [0.05, 0.1) is 6.61 Å². The molecule has 0 spiro atoms. The zero-order chi connectivity index (χ0) is 20.6. The first kappa shape index (κ1) is 25.8. The monoisotopic (exact) mass is 530 g/mol. The van der Waals surface area contributed by atoms with Gasteiger partial charge in [-0.3, -0.25) is 9.89 Å². The van der Waals surface area contributed by atoms with Gasteiger partial charge in [0.15, 0.2) is 5.96 Å². The molecule has 0 amide bonds. The fourth-order valence-electron chi connectivity index (χ4n) is 2.99. The first-order chi connectivity index (χ1) is 13.3. The number of nitrogens with one attached hydrogen (secondary N) is 1. The van der Waals surface area contributed by atoms with Crippen LogP contribution >= 0.6 is 24.0 Å². The molecule has 1 aromatic rings. The number of nitrogens with zero attached hydrogens (tertiary/aromatic N) is 3. The second-order valence-electron chi connectivity index (χ2n) is 6.63. The average molecular weight is 530 g/mol. The van der Waals surface area contributed by atoms with E-state index in [1.165, 1.54) is 11.8 Å². The van der Waals surface area contributed by atoms with E-state index in [2.05, 4.69) is 10.3 Å². The van der Waals surface area contributed by atoms with Crippen LogP contribution in [0.25, 0.3) is 0 Å². The van der Waals surface area contributed by atoms with Crippen LogP contribution in [0, 0.1) is 0 Å². The fraction of sp³-hybridized carbons (Fsp3) is 0.632. The van der Waals surface area contributed by atoms with E-state index in [0.717, 1.165) is 11.3 Å². The molecule has 1 fully saturated rings. The Hall–Kier alpha value is -1.27. The standard InChI is InChI=1S/C19H29F3N4O2.HI/c1-15(19(20,21)22)25-8-10-26(11-9-25)18(23-2)24-14-16-4-6-17(7-5-16)28-13-12-27-3;/h4-7,15H,8-14H2,1-3H3,(H,23,24);1H. The summed E-state index contributed by atoms with van der Waals surface area (Å²) < 4.78 is 49.1.